The van der Waals surface area contributed by atoms with E-state index in [1.807, 2.05) is 48.5 Å². The molecule has 2 aromatic rings. The van der Waals surface area contributed by atoms with E-state index in [2.05, 4.69) is 5.32 Å². The predicted octanol–water partition coefficient (Wildman–Crippen LogP) is 2.48. The molecule has 4 nitrogen and oxygen atoms in total. The Balaban J connectivity index is 1.99. The molecule has 0 aliphatic heterocycles. The van der Waals surface area contributed by atoms with Crippen molar-refractivity contribution < 1.29 is 14.3 Å². The first-order valence-corrected chi connectivity index (χ1v) is 11.0. The zero-order valence-electron chi connectivity index (χ0n) is 12.7. The third kappa shape index (κ3) is 5.75. The van der Waals surface area contributed by atoms with Crippen LogP contribution in [0.2, 0.25) is 0 Å². The van der Waals surface area contributed by atoms with Crippen molar-refractivity contribution in [3.8, 4) is 0 Å². The third-order valence-corrected chi connectivity index (χ3v) is 6.81. The summed E-state index contributed by atoms with van der Waals surface area (Å²) < 4.78 is 5.87. The van der Waals surface area contributed by atoms with Gasteiger partial charge in [-0.25, -0.2) is 0 Å². The van der Waals surface area contributed by atoms with Gasteiger partial charge in [0.25, 0.3) is 0 Å². The van der Waals surface area contributed by atoms with E-state index in [4.69, 9.17) is 4.74 Å². The Kier molecular flexibility index (Phi) is 7.20. The number of hydrogen-bond donors (Lipinski definition) is 1. The number of esters is 1. The van der Waals surface area contributed by atoms with Gasteiger partial charge in [-0.1, -0.05) is 0 Å². The molecule has 0 saturated carbocycles. The molecule has 0 atom stereocenters. The van der Waals surface area contributed by atoms with Gasteiger partial charge in [0.15, 0.2) is 0 Å². The van der Waals surface area contributed by atoms with Crippen molar-refractivity contribution in [1.29, 1.82) is 0 Å². The van der Waals surface area contributed by atoms with E-state index in [9.17, 15) is 9.59 Å². The van der Waals surface area contributed by atoms with Crippen molar-refractivity contribution in [2.75, 3.05) is 17.7 Å². The fourth-order valence-electron chi connectivity index (χ4n) is 1.79. The summed E-state index contributed by atoms with van der Waals surface area (Å²) in [5.74, 6) is -0.0429. The van der Waals surface area contributed by atoms with Crippen LogP contribution in [-0.4, -0.2) is 38.1 Å². The molecule has 0 unspecified atom stereocenters. The SMILES string of the molecule is CCOC(=O)CS[Se]c1ccccc1C(=O)Nc1ccccc1. The number of carbonyl (C=O) groups is 2. The van der Waals surface area contributed by atoms with Gasteiger partial charge in [0.1, 0.15) is 0 Å². The zero-order valence-corrected chi connectivity index (χ0v) is 15.2. The van der Waals surface area contributed by atoms with Crippen LogP contribution in [0, 0.1) is 0 Å². The van der Waals surface area contributed by atoms with Crippen LogP contribution >= 0.6 is 10.2 Å². The maximum absolute atomic E-state index is 12.4. The van der Waals surface area contributed by atoms with Gasteiger partial charge in [0, 0.05) is 0 Å². The monoisotopic (exact) mass is 395 g/mol. The van der Waals surface area contributed by atoms with Crippen LogP contribution in [0.4, 0.5) is 5.69 Å². The molecule has 2 rings (SSSR count). The first kappa shape index (κ1) is 17.6. The fraction of sp³-hybridized carbons (Fsp3) is 0.176. The minimum atomic E-state index is -0.217. The third-order valence-electron chi connectivity index (χ3n) is 2.79. The molecule has 0 fully saturated rings. The zero-order chi connectivity index (χ0) is 16.5. The van der Waals surface area contributed by atoms with E-state index in [0.717, 1.165) is 10.1 Å². The molecule has 0 saturated heterocycles. The van der Waals surface area contributed by atoms with Gasteiger partial charge in [-0.3, -0.25) is 0 Å². The van der Waals surface area contributed by atoms with Crippen LogP contribution in [0.25, 0.3) is 0 Å². The van der Waals surface area contributed by atoms with Gasteiger partial charge < -0.3 is 0 Å². The first-order valence-electron chi connectivity index (χ1n) is 7.11. The number of rotatable bonds is 7. The Hall–Kier alpha value is -1.75. The number of ether oxygens (including phenoxy) is 1. The Morgan fingerprint density at radius 2 is 1.78 bits per heavy atom. The average molecular weight is 394 g/mol. The number of anilines is 1. The summed E-state index contributed by atoms with van der Waals surface area (Å²) in [7, 11) is 1.50. The Morgan fingerprint density at radius 1 is 1.09 bits per heavy atom. The summed E-state index contributed by atoms with van der Waals surface area (Å²) >= 11 is -0.0304. The van der Waals surface area contributed by atoms with Crippen molar-refractivity contribution >= 4 is 46.0 Å². The van der Waals surface area contributed by atoms with Crippen molar-refractivity contribution in [3.05, 3.63) is 60.2 Å². The van der Waals surface area contributed by atoms with E-state index < -0.39 is 0 Å². The van der Waals surface area contributed by atoms with Crippen LogP contribution in [0.3, 0.4) is 0 Å². The molecule has 0 aliphatic rings. The number of carbonyl (C=O) groups excluding carboxylic acids is 2. The van der Waals surface area contributed by atoms with Crippen molar-refractivity contribution in [1.82, 2.24) is 0 Å². The van der Waals surface area contributed by atoms with Gasteiger partial charge in [0.2, 0.25) is 0 Å². The van der Waals surface area contributed by atoms with Crippen molar-refractivity contribution in [3.63, 3.8) is 0 Å². The fourth-order valence-corrected chi connectivity index (χ4v) is 5.49. The normalized spacial score (nSPS) is 10.1. The second-order valence-corrected chi connectivity index (χ2v) is 8.61. The molecule has 0 spiro atoms. The minimum absolute atomic E-state index is 0.0304. The quantitative estimate of drug-likeness (QED) is 0.579. The molecule has 0 aliphatic carbocycles. The van der Waals surface area contributed by atoms with Crippen LogP contribution in [0.5, 0.6) is 0 Å². The molecule has 0 radical (unpaired) electrons. The molecule has 2 aromatic carbocycles. The number of nitrogens with one attached hydrogen (secondary N) is 1. The van der Waals surface area contributed by atoms with Gasteiger partial charge in [-0.2, -0.15) is 0 Å². The average Bonchev–Trinajstić information content (AvgIpc) is 2.56. The van der Waals surface area contributed by atoms with E-state index in [1.54, 1.807) is 13.0 Å². The molecule has 0 aromatic heterocycles. The van der Waals surface area contributed by atoms with Gasteiger partial charge in [0.05, 0.1) is 0 Å². The summed E-state index contributed by atoms with van der Waals surface area (Å²) in [4.78, 5) is 23.8. The molecule has 23 heavy (non-hydrogen) atoms. The Bertz CT molecular complexity index is 664. The first-order chi connectivity index (χ1) is 11.2. The van der Waals surface area contributed by atoms with E-state index in [-0.39, 0.29) is 25.7 Å². The topological polar surface area (TPSA) is 55.4 Å². The molecule has 1 N–H and O–H groups in total. The summed E-state index contributed by atoms with van der Waals surface area (Å²) in [6, 6.07) is 16.8. The molecular weight excluding hydrogens is 377 g/mol. The second kappa shape index (κ2) is 9.40. The van der Waals surface area contributed by atoms with E-state index in [1.165, 1.54) is 10.2 Å². The summed E-state index contributed by atoms with van der Waals surface area (Å²) in [6.45, 7) is 2.18. The van der Waals surface area contributed by atoms with Gasteiger partial charge in [-0.15, -0.1) is 0 Å². The van der Waals surface area contributed by atoms with Crippen LogP contribution in [-0.2, 0) is 9.53 Å². The molecule has 6 heteroatoms. The van der Waals surface area contributed by atoms with E-state index >= 15 is 0 Å². The molecule has 0 heterocycles. The predicted molar refractivity (Wildman–Crippen MR) is 95.3 cm³/mol. The van der Waals surface area contributed by atoms with Crippen LogP contribution < -0.4 is 9.78 Å². The van der Waals surface area contributed by atoms with Crippen LogP contribution in [0.15, 0.2) is 54.6 Å². The summed E-state index contributed by atoms with van der Waals surface area (Å²) in [5.41, 5.74) is 1.41. The standard InChI is InChI=1S/C17H17NO3SSe/c1-2-21-16(19)12-22-23-15-11-7-6-10-14(15)17(20)18-13-8-4-3-5-9-13/h3-11H,2,12H2,1H3,(H,18,20). The summed E-state index contributed by atoms with van der Waals surface area (Å²) in [6.07, 6.45) is 0. The van der Waals surface area contributed by atoms with Gasteiger partial charge in [-0.05, 0) is 0 Å². The summed E-state index contributed by atoms with van der Waals surface area (Å²) in [5, 5.41) is 2.89. The second-order valence-electron chi connectivity index (χ2n) is 4.47. The number of amides is 1. The Morgan fingerprint density at radius 3 is 2.52 bits per heavy atom. The van der Waals surface area contributed by atoms with Crippen LogP contribution in [0.1, 0.15) is 17.3 Å². The Labute approximate surface area is 145 Å². The van der Waals surface area contributed by atoms with Crippen molar-refractivity contribution in [2.45, 2.75) is 6.92 Å². The van der Waals surface area contributed by atoms with Crippen molar-refractivity contribution in [2.24, 2.45) is 0 Å². The molecule has 120 valence electrons. The number of benzene rings is 2. The van der Waals surface area contributed by atoms with E-state index in [0.29, 0.717) is 17.9 Å². The molecule has 1 amide bonds. The number of hydrogen-bond acceptors (Lipinski definition) is 4. The maximum atomic E-state index is 12.4. The number of para-hydroxylation sites is 1. The van der Waals surface area contributed by atoms with Gasteiger partial charge >= 0.3 is 145 Å². The molecular formula is C17H17NO3SSe. The molecule has 0 bridgehead atoms.